The Hall–Kier alpha value is 0.230. The highest BCUT2D eigenvalue weighted by Gasteiger charge is 2.24. The predicted octanol–water partition coefficient (Wildman–Crippen LogP) is 1.56. The minimum absolute atomic E-state index is 0.0827. The number of thioether (sulfide) groups is 1. The van der Waals surface area contributed by atoms with E-state index in [1.807, 2.05) is 0 Å². The number of β-amino-alcohol motifs (C(OH)–C–C–N with tert-alkyl or cyclic N) is 1. The fourth-order valence-corrected chi connectivity index (χ4v) is 3.61. The van der Waals surface area contributed by atoms with E-state index in [1.165, 1.54) is 0 Å². The van der Waals surface area contributed by atoms with E-state index in [0.717, 1.165) is 19.6 Å². The molecule has 2 N–H and O–H groups in total. The van der Waals surface area contributed by atoms with Crippen molar-refractivity contribution in [2.45, 2.75) is 56.8 Å². The van der Waals surface area contributed by atoms with Crippen LogP contribution >= 0.6 is 11.8 Å². The molecule has 1 saturated heterocycles. The lowest BCUT2D eigenvalue weighted by molar-refractivity contribution is 0.104. The van der Waals surface area contributed by atoms with Crippen LogP contribution in [-0.4, -0.2) is 58.3 Å². The summed E-state index contributed by atoms with van der Waals surface area (Å²) in [6.45, 7) is 14.6. The molecule has 1 aliphatic rings. The van der Waals surface area contributed by atoms with Gasteiger partial charge in [-0.25, -0.2) is 0 Å². The van der Waals surface area contributed by atoms with Crippen molar-refractivity contribution in [3.63, 3.8) is 0 Å². The molecular weight excluding hydrogens is 232 g/mol. The van der Waals surface area contributed by atoms with Gasteiger partial charge in [0.25, 0.3) is 0 Å². The number of hydrogen-bond donors (Lipinski definition) is 2. The van der Waals surface area contributed by atoms with E-state index in [9.17, 15) is 5.11 Å². The van der Waals surface area contributed by atoms with Gasteiger partial charge in [0.15, 0.2) is 0 Å². The third kappa shape index (κ3) is 6.65. The lowest BCUT2D eigenvalue weighted by Gasteiger charge is -2.36. The Bertz CT molecular complexity index is 220. The van der Waals surface area contributed by atoms with Crippen molar-refractivity contribution in [2.75, 3.05) is 26.2 Å². The summed E-state index contributed by atoms with van der Waals surface area (Å²) in [5.74, 6) is 0. The lowest BCUT2D eigenvalue weighted by Crippen LogP contribution is -2.48. The topological polar surface area (TPSA) is 35.5 Å². The molecule has 3 nitrogen and oxygen atoms in total. The maximum atomic E-state index is 10.0. The first-order chi connectivity index (χ1) is 7.76. The van der Waals surface area contributed by atoms with Gasteiger partial charge in [-0.05, 0) is 20.8 Å². The van der Waals surface area contributed by atoms with Crippen LogP contribution < -0.4 is 5.32 Å². The largest absolute Gasteiger partial charge is 0.390 e. The predicted molar refractivity (Wildman–Crippen MR) is 76.7 cm³/mol. The van der Waals surface area contributed by atoms with Gasteiger partial charge in [-0.1, -0.05) is 13.8 Å². The first kappa shape index (κ1) is 15.3. The molecule has 0 bridgehead atoms. The summed E-state index contributed by atoms with van der Waals surface area (Å²) in [4.78, 5) is 2.39. The smallest absolute Gasteiger partial charge is 0.0791 e. The molecule has 17 heavy (non-hydrogen) atoms. The molecule has 102 valence electrons. The zero-order valence-electron chi connectivity index (χ0n) is 11.9. The molecule has 0 aromatic carbocycles. The van der Waals surface area contributed by atoms with Gasteiger partial charge in [0.2, 0.25) is 0 Å². The first-order valence-electron chi connectivity index (χ1n) is 6.57. The summed E-state index contributed by atoms with van der Waals surface area (Å²) in [7, 11) is 0. The summed E-state index contributed by atoms with van der Waals surface area (Å²) in [6, 6.07) is 0. The molecule has 0 spiro atoms. The highest BCUT2D eigenvalue weighted by molar-refractivity contribution is 8.00. The van der Waals surface area contributed by atoms with Crippen LogP contribution in [0.3, 0.4) is 0 Å². The Morgan fingerprint density at radius 1 is 1.29 bits per heavy atom. The minimum Gasteiger partial charge on any atom is -0.390 e. The van der Waals surface area contributed by atoms with Crippen molar-refractivity contribution in [3.8, 4) is 0 Å². The zero-order valence-corrected chi connectivity index (χ0v) is 12.7. The Balaban J connectivity index is 2.28. The van der Waals surface area contributed by atoms with E-state index in [2.05, 4.69) is 56.6 Å². The van der Waals surface area contributed by atoms with Gasteiger partial charge in [-0.15, -0.1) is 0 Å². The SMILES string of the molecule is CC1CN(CC(O)CNC(C)(C)C)CC(C)S1. The van der Waals surface area contributed by atoms with E-state index < -0.39 is 0 Å². The van der Waals surface area contributed by atoms with E-state index in [4.69, 9.17) is 0 Å². The van der Waals surface area contributed by atoms with E-state index in [1.54, 1.807) is 0 Å². The molecule has 0 radical (unpaired) electrons. The van der Waals surface area contributed by atoms with Gasteiger partial charge in [0.1, 0.15) is 0 Å². The third-order valence-corrected chi connectivity index (χ3v) is 4.06. The minimum atomic E-state index is -0.267. The molecule has 0 aromatic heterocycles. The normalized spacial score (nSPS) is 29.3. The van der Waals surface area contributed by atoms with Crippen molar-refractivity contribution >= 4 is 11.8 Å². The van der Waals surface area contributed by atoms with Crippen molar-refractivity contribution in [3.05, 3.63) is 0 Å². The second kappa shape index (κ2) is 6.41. The van der Waals surface area contributed by atoms with Crippen molar-refractivity contribution in [1.82, 2.24) is 10.2 Å². The van der Waals surface area contributed by atoms with Crippen LogP contribution in [0.1, 0.15) is 34.6 Å². The molecule has 1 aliphatic heterocycles. The van der Waals surface area contributed by atoms with Crippen LogP contribution in [0, 0.1) is 0 Å². The average molecular weight is 260 g/mol. The van der Waals surface area contributed by atoms with Crippen molar-refractivity contribution in [2.24, 2.45) is 0 Å². The number of nitrogens with one attached hydrogen (secondary N) is 1. The van der Waals surface area contributed by atoms with E-state index in [0.29, 0.717) is 17.0 Å². The van der Waals surface area contributed by atoms with Crippen LogP contribution in [0.5, 0.6) is 0 Å². The van der Waals surface area contributed by atoms with Crippen LogP contribution in [0.15, 0.2) is 0 Å². The molecule has 0 saturated carbocycles. The van der Waals surface area contributed by atoms with Gasteiger partial charge >= 0.3 is 0 Å². The molecule has 0 amide bonds. The maximum absolute atomic E-state index is 10.0. The first-order valence-corrected chi connectivity index (χ1v) is 7.51. The fraction of sp³-hybridized carbons (Fsp3) is 1.00. The van der Waals surface area contributed by atoms with Crippen LogP contribution in [-0.2, 0) is 0 Å². The molecule has 3 atom stereocenters. The molecule has 0 aromatic rings. The van der Waals surface area contributed by atoms with Gasteiger partial charge < -0.3 is 10.4 Å². The highest BCUT2D eigenvalue weighted by Crippen LogP contribution is 2.24. The van der Waals surface area contributed by atoms with Crippen LogP contribution in [0.2, 0.25) is 0 Å². The molecule has 3 unspecified atom stereocenters. The van der Waals surface area contributed by atoms with Crippen LogP contribution in [0.4, 0.5) is 0 Å². The van der Waals surface area contributed by atoms with Crippen LogP contribution in [0.25, 0.3) is 0 Å². The molecule has 1 fully saturated rings. The Kier molecular flexibility index (Phi) is 5.77. The summed E-state index contributed by atoms with van der Waals surface area (Å²) in [5.41, 5.74) is 0.0827. The van der Waals surface area contributed by atoms with Gasteiger partial charge in [-0.3, -0.25) is 4.90 Å². The standard InChI is InChI=1S/C13H28N2OS/c1-10-7-15(8-11(2)17-10)9-12(16)6-14-13(3,4)5/h10-12,14,16H,6-9H2,1-5H3. The lowest BCUT2D eigenvalue weighted by atomic mass is 10.1. The molecule has 1 rings (SSSR count). The second-order valence-corrected chi connectivity index (χ2v) is 8.14. The molecular formula is C13H28N2OS. The van der Waals surface area contributed by atoms with Crippen molar-refractivity contribution < 1.29 is 5.11 Å². The molecule has 0 aliphatic carbocycles. The van der Waals surface area contributed by atoms with Gasteiger partial charge in [0.05, 0.1) is 6.10 Å². The summed E-state index contributed by atoms with van der Waals surface area (Å²) in [5, 5.41) is 14.7. The van der Waals surface area contributed by atoms with E-state index >= 15 is 0 Å². The summed E-state index contributed by atoms with van der Waals surface area (Å²) >= 11 is 2.05. The van der Waals surface area contributed by atoms with Gasteiger partial charge in [0, 0.05) is 42.2 Å². The number of aliphatic hydroxyl groups excluding tert-OH is 1. The average Bonchev–Trinajstić information content (AvgIpc) is 2.11. The summed E-state index contributed by atoms with van der Waals surface area (Å²) in [6.07, 6.45) is -0.267. The second-order valence-electron chi connectivity index (χ2n) is 6.26. The molecule has 1 heterocycles. The summed E-state index contributed by atoms with van der Waals surface area (Å²) < 4.78 is 0. The number of aliphatic hydroxyl groups is 1. The highest BCUT2D eigenvalue weighted by atomic mass is 32.2. The molecule has 4 heteroatoms. The number of rotatable bonds is 4. The van der Waals surface area contributed by atoms with E-state index in [-0.39, 0.29) is 11.6 Å². The monoisotopic (exact) mass is 260 g/mol. The Morgan fingerprint density at radius 3 is 2.29 bits per heavy atom. The number of hydrogen-bond acceptors (Lipinski definition) is 4. The maximum Gasteiger partial charge on any atom is 0.0791 e. The fourth-order valence-electron chi connectivity index (χ4n) is 2.22. The Labute approximate surface area is 110 Å². The third-order valence-electron chi connectivity index (χ3n) is 2.83. The Morgan fingerprint density at radius 2 is 1.82 bits per heavy atom. The number of nitrogens with zero attached hydrogens (tertiary/aromatic N) is 1. The van der Waals surface area contributed by atoms with Crippen molar-refractivity contribution in [1.29, 1.82) is 0 Å². The van der Waals surface area contributed by atoms with Gasteiger partial charge in [-0.2, -0.15) is 11.8 Å². The quantitative estimate of drug-likeness (QED) is 0.804. The zero-order chi connectivity index (χ0) is 13.1.